The molecule has 0 spiro atoms. The number of nitrogens with zero attached hydrogens (tertiary/aromatic N) is 1. The van der Waals surface area contributed by atoms with Gasteiger partial charge < -0.3 is 28.6 Å². The third kappa shape index (κ3) is 46.9. The van der Waals surface area contributed by atoms with E-state index in [-0.39, 0.29) is 42.7 Å². The van der Waals surface area contributed by atoms with Crippen molar-refractivity contribution in [3.05, 3.63) is 109 Å². The Hall–Kier alpha value is -4.01. The molecule has 0 aromatic rings. The van der Waals surface area contributed by atoms with Crippen LogP contribution in [0.3, 0.4) is 0 Å². The molecule has 0 aliphatic carbocycles. The normalized spacial score (nSPS) is 13.7. The number of carbonyl (C=O) groups is 3. The van der Waals surface area contributed by atoms with Crippen LogP contribution in [-0.4, -0.2) is 75.5 Å². The minimum atomic E-state index is -1.13. The summed E-state index contributed by atoms with van der Waals surface area (Å²) in [5, 5.41) is 11.7. The second kappa shape index (κ2) is 48.4. The maximum absolute atomic E-state index is 12.8. The number of hydrogen-bond acceptors (Lipinski definition) is 7. The number of likely N-dealkylation sites (N-methyl/N-ethyl adjacent to an activating group) is 1. The van der Waals surface area contributed by atoms with E-state index in [2.05, 4.69) is 123 Å². The van der Waals surface area contributed by atoms with Crippen molar-refractivity contribution >= 4 is 17.9 Å². The molecule has 67 heavy (non-hydrogen) atoms. The monoisotopic (exact) mass is 932 g/mol. The topological polar surface area (TPSA) is 102 Å². The molecule has 0 heterocycles. The molecule has 2 atom stereocenters. The first kappa shape index (κ1) is 63.0. The number of carbonyl (C=O) groups excluding carboxylic acids is 3. The Morgan fingerprint density at radius 2 is 0.836 bits per heavy atom. The zero-order chi connectivity index (χ0) is 49.2. The molecule has 0 N–H and O–H groups in total. The van der Waals surface area contributed by atoms with Crippen LogP contribution in [0.15, 0.2) is 109 Å². The van der Waals surface area contributed by atoms with Gasteiger partial charge in [0.1, 0.15) is 12.6 Å². The summed E-state index contributed by atoms with van der Waals surface area (Å²) in [6.45, 7) is 4.48. The van der Waals surface area contributed by atoms with Crippen molar-refractivity contribution in [2.75, 3.05) is 41.0 Å². The van der Waals surface area contributed by atoms with Crippen LogP contribution in [0.5, 0.6) is 0 Å². The third-order valence-corrected chi connectivity index (χ3v) is 11.1. The summed E-state index contributed by atoms with van der Waals surface area (Å²) >= 11 is 0. The average molecular weight is 932 g/mol. The fourth-order valence-corrected chi connectivity index (χ4v) is 7.08. The van der Waals surface area contributed by atoms with Gasteiger partial charge >= 0.3 is 11.9 Å². The standard InChI is InChI=1S/C59H97NO7/c1-6-8-10-12-14-16-18-20-22-24-26-28-30-32-34-36-38-40-42-44-46-48-50-58(62)67-55(53-65-52-51-56(59(63)64)60(3,4)5)54-66-57(61)49-47-45-43-41-39-37-35-33-31-29-27-25-23-21-19-17-15-13-11-9-7-2/h8,10,14-17,20-23,26-29,32-35,55-56H,6-7,9,11-13,18-19,24-25,30-31,36-54H2,1-5H3/b10-8+,16-14+,17-15+,22-20+,23-21+,28-26+,29-27+,34-32+,35-33+. The van der Waals surface area contributed by atoms with Gasteiger partial charge in [0.05, 0.1) is 40.3 Å². The van der Waals surface area contributed by atoms with Crippen molar-refractivity contribution in [1.29, 1.82) is 0 Å². The predicted octanol–water partition coefficient (Wildman–Crippen LogP) is 14.3. The Labute approximate surface area is 410 Å². The van der Waals surface area contributed by atoms with Gasteiger partial charge in [-0.3, -0.25) is 9.59 Å². The van der Waals surface area contributed by atoms with E-state index in [0.717, 1.165) is 122 Å². The van der Waals surface area contributed by atoms with Crippen LogP contribution in [0, 0.1) is 0 Å². The number of quaternary nitrogens is 1. The van der Waals surface area contributed by atoms with E-state index in [0.29, 0.717) is 12.8 Å². The fourth-order valence-electron chi connectivity index (χ4n) is 7.08. The molecule has 0 aliphatic heterocycles. The molecule has 0 saturated carbocycles. The van der Waals surface area contributed by atoms with Gasteiger partial charge in [-0.25, -0.2) is 0 Å². The highest BCUT2D eigenvalue weighted by molar-refractivity contribution is 5.70. The van der Waals surface area contributed by atoms with Crippen LogP contribution in [0.4, 0.5) is 0 Å². The fraction of sp³-hybridized carbons (Fsp3) is 0.644. The van der Waals surface area contributed by atoms with Gasteiger partial charge in [-0.1, -0.05) is 181 Å². The molecule has 0 rings (SSSR count). The highest BCUT2D eigenvalue weighted by Crippen LogP contribution is 2.13. The first-order chi connectivity index (χ1) is 32.6. The molecule has 8 nitrogen and oxygen atoms in total. The molecular formula is C59H97NO7. The number of unbranched alkanes of at least 4 members (excludes halogenated alkanes) is 14. The lowest BCUT2D eigenvalue weighted by molar-refractivity contribution is -0.889. The van der Waals surface area contributed by atoms with E-state index in [1.54, 1.807) is 21.1 Å². The summed E-state index contributed by atoms with van der Waals surface area (Å²) in [5.41, 5.74) is 0. The van der Waals surface area contributed by atoms with E-state index in [4.69, 9.17) is 14.2 Å². The number of allylic oxidation sites excluding steroid dienone is 18. The molecule has 380 valence electrons. The second-order valence-electron chi connectivity index (χ2n) is 18.4. The van der Waals surface area contributed by atoms with Gasteiger partial charge in [0, 0.05) is 19.3 Å². The number of carboxylic acid groups (broad SMARTS) is 1. The molecule has 0 bridgehead atoms. The maximum atomic E-state index is 12.8. The number of ether oxygens (including phenoxy) is 3. The lowest BCUT2D eigenvalue weighted by Crippen LogP contribution is -2.55. The highest BCUT2D eigenvalue weighted by Gasteiger charge is 2.25. The van der Waals surface area contributed by atoms with E-state index >= 15 is 0 Å². The van der Waals surface area contributed by atoms with Crippen molar-refractivity contribution in [3.63, 3.8) is 0 Å². The van der Waals surface area contributed by atoms with Gasteiger partial charge in [-0.05, 0) is 103 Å². The Bertz CT molecular complexity index is 1460. The van der Waals surface area contributed by atoms with Crippen molar-refractivity contribution in [3.8, 4) is 0 Å². The lowest BCUT2D eigenvalue weighted by Gasteiger charge is -2.34. The number of rotatable bonds is 46. The summed E-state index contributed by atoms with van der Waals surface area (Å²) in [6, 6.07) is -0.740. The molecule has 2 unspecified atom stereocenters. The van der Waals surface area contributed by atoms with Crippen molar-refractivity contribution < 1.29 is 38.2 Å². The Balaban J connectivity index is 4.34. The smallest absolute Gasteiger partial charge is 0.306 e. The van der Waals surface area contributed by atoms with Gasteiger partial charge in [0.25, 0.3) is 0 Å². The first-order valence-corrected chi connectivity index (χ1v) is 26.4. The zero-order valence-electron chi connectivity index (χ0n) is 43.3. The van der Waals surface area contributed by atoms with E-state index < -0.39 is 18.1 Å². The number of carboxylic acids is 1. The van der Waals surface area contributed by atoms with Crippen molar-refractivity contribution in [1.82, 2.24) is 0 Å². The van der Waals surface area contributed by atoms with Crippen molar-refractivity contribution in [2.24, 2.45) is 0 Å². The van der Waals surface area contributed by atoms with Gasteiger partial charge in [0.15, 0.2) is 6.10 Å². The number of aliphatic carboxylic acids is 1. The van der Waals surface area contributed by atoms with Crippen LogP contribution in [0.2, 0.25) is 0 Å². The van der Waals surface area contributed by atoms with Gasteiger partial charge in [-0.2, -0.15) is 0 Å². The van der Waals surface area contributed by atoms with E-state index in [1.165, 1.54) is 38.5 Å². The zero-order valence-corrected chi connectivity index (χ0v) is 43.3. The van der Waals surface area contributed by atoms with Crippen LogP contribution in [0.1, 0.15) is 194 Å². The summed E-state index contributed by atoms with van der Waals surface area (Å²) in [4.78, 5) is 37.1. The van der Waals surface area contributed by atoms with Gasteiger partial charge in [0.2, 0.25) is 0 Å². The molecule has 0 amide bonds. The molecule has 0 saturated heterocycles. The highest BCUT2D eigenvalue weighted by atomic mass is 16.6. The Morgan fingerprint density at radius 1 is 0.463 bits per heavy atom. The quantitative estimate of drug-likeness (QED) is 0.0259. The molecule has 0 aliphatic rings. The molecule has 0 aromatic carbocycles. The van der Waals surface area contributed by atoms with Crippen molar-refractivity contribution in [2.45, 2.75) is 206 Å². The minimum Gasteiger partial charge on any atom is -0.544 e. The Morgan fingerprint density at radius 3 is 1.24 bits per heavy atom. The van der Waals surface area contributed by atoms with E-state index in [9.17, 15) is 19.5 Å². The summed E-state index contributed by atoms with van der Waals surface area (Å²) in [5.74, 6) is -1.79. The third-order valence-electron chi connectivity index (χ3n) is 11.1. The van der Waals surface area contributed by atoms with Crippen LogP contribution < -0.4 is 5.11 Å². The molecule has 8 heteroatoms. The molecule has 0 radical (unpaired) electrons. The maximum Gasteiger partial charge on any atom is 0.306 e. The molecule has 0 fully saturated rings. The molecule has 0 aromatic heterocycles. The van der Waals surface area contributed by atoms with Crippen LogP contribution in [-0.2, 0) is 28.6 Å². The summed E-state index contributed by atoms with van der Waals surface area (Å²) in [7, 11) is 5.39. The Kier molecular flexibility index (Phi) is 45.5. The SMILES string of the molecule is CC/C=C/C/C=C/C/C=C/C/C=C/C/C=C/CCCCCCCCC(=O)OC(COCCC(C(=O)[O-])[N+](C)(C)C)COC(=O)CCCCCCC/C=C/C/C=C/C/C=C/C/C=C/CCCCC. The first-order valence-electron chi connectivity index (χ1n) is 26.4. The average Bonchev–Trinajstić information content (AvgIpc) is 3.29. The lowest BCUT2D eigenvalue weighted by atomic mass is 10.1. The van der Waals surface area contributed by atoms with E-state index in [1.807, 2.05) is 0 Å². The predicted molar refractivity (Wildman–Crippen MR) is 281 cm³/mol. The molecular weight excluding hydrogens is 835 g/mol. The van der Waals surface area contributed by atoms with Crippen LogP contribution >= 0.6 is 0 Å². The summed E-state index contributed by atoms with van der Waals surface area (Å²) in [6.07, 6.45) is 66.8. The second-order valence-corrected chi connectivity index (χ2v) is 18.4. The van der Waals surface area contributed by atoms with Crippen LogP contribution in [0.25, 0.3) is 0 Å². The summed E-state index contributed by atoms with van der Waals surface area (Å²) < 4.78 is 17.2. The number of esters is 2. The van der Waals surface area contributed by atoms with Gasteiger partial charge in [-0.15, -0.1) is 0 Å². The minimum absolute atomic E-state index is 0.0211. The number of hydrogen-bond donors (Lipinski definition) is 0. The largest absolute Gasteiger partial charge is 0.544 e.